The van der Waals surface area contributed by atoms with Gasteiger partial charge in [0.1, 0.15) is 5.82 Å². The van der Waals surface area contributed by atoms with Gasteiger partial charge in [0.25, 0.3) is 5.91 Å². The molecule has 22 heavy (non-hydrogen) atoms. The summed E-state index contributed by atoms with van der Waals surface area (Å²) in [6, 6.07) is 15.3. The Hall–Kier alpha value is -2.75. The number of hydrogen-bond donors (Lipinski definition) is 1. The van der Waals surface area contributed by atoms with E-state index in [0.717, 1.165) is 10.8 Å². The lowest BCUT2D eigenvalue weighted by molar-refractivity contribution is -0.704. The second-order valence-electron chi connectivity index (χ2n) is 5.19. The van der Waals surface area contributed by atoms with Crippen LogP contribution in [0.5, 0.6) is 0 Å². The average Bonchev–Trinajstić information content (AvgIpc) is 2.55. The van der Waals surface area contributed by atoms with Crippen LogP contribution in [0.2, 0.25) is 0 Å². The van der Waals surface area contributed by atoms with Crippen LogP contribution in [-0.4, -0.2) is 5.91 Å². The number of nitrogens with zero attached hydrogens (tertiary/aromatic N) is 1. The first-order valence-electron chi connectivity index (χ1n) is 7.09. The molecule has 1 N–H and O–H groups in total. The van der Waals surface area contributed by atoms with Gasteiger partial charge in [-0.05, 0) is 35.7 Å². The van der Waals surface area contributed by atoms with E-state index in [4.69, 9.17) is 0 Å². The highest BCUT2D eigenvalue weighted by atomic mass is 19.1. The van der Waals surface area contributed by atoms with E-state index in [9.17, 15) is 9.18 Å². The number of rotatable bonds is 3. The van der Waals surface area contributed by atoms with Gasteiger partial charge in [-0.25, -0.2) is 4.39 Å². The van der Waals surface area contributed by atoms with Gasteiger partial charge in [-0.1, -0.05) is 18.2 Å². The highest BCUT2D eigenvalue weighted by molar-refractivity contribution is 5.92. The Bertz CT molecular complexity index is 815. The molecule has 0 aliphatic rings. The lowest BCUT2D eigenvalue weighted by Crippen LogP contribution is -2.44. The van der Waals surface area contributed by atoms with Gasteiger partial charge in [0.15, 0.2) is 12.4 Å². The molecule has 0 saturated heterocycles. The molecule has 0 saturated carbocycles. The molecule has 0 bridgehead atoms. The van der Waals surface area contributed by atoms with Crippen LogP contribution in [0, 0.1) is 5.82 Å². The molecule has 0 unspecified atom stereocenters. The van der Waals surface area contributed by atoms with Crippen molar-refractivity contribution in [3.05, 3.63) is 72.8 Å². The third-order valence-electron chi connectivity index (χ3n) is 3.65. The number of anilines is 1. The van der Waals surface area contributed by atoms with Gasteiger partial charge >= 0.3 is 0 Å². The number of nitrogens with one attached hydrogen (secondary N) is 1. The zero-order valence-corrected chi connectivity index (χ0v) is 12.2. The molecule has 1 aromatic heterocycles. The molecule has 4 heteroatoms. The predicted octanol–water partition coefficient (Wildman–Crippen LogP) is 3.47. The molecular formula is C18H16FN2O+. The minimum absolute atomic E-state index is 0.146. The average molecular weight is 295 g/mol. The lowest BCUT2D eigenvalue weighted by atomic mass is 10.1. The van der Waals surface area contributed by atoms with Crippen molar-refractivity contribution in [2.75, 3.05) is 5.32 Å². The zero-order valence-electron chi connectivity index (χ0n) is 12.2. The summed E-state index contributed by atoms with van der Waals surface area (Å²) in [7, 11) is 0. The number of hydrogen-bond acceptors (Lipinski definition) is 1. The smallest absolute Gasteiger partial charge is 0.293 e. The maximum absolute atomic E-state index is 12.9. The molecule has 2 aromatic carbocycles. The van der Waals surface area contributed by atoms with Gasteiger partial charge < -0.3 is 5.32 Å². The van der Waals surface area contributed by atoms with Crippen molar-refractivity contribution in [1.29, 1.82) is 0 Å². The summed E-state index contributed by atoms with van der Waals surface area (Å²) in [5.74, 6) is -0.471. The van der Waals surface area contributed by atoms with Gasteiger partial charge in [-0.15, -0.1) is 0 Å². The monoisotopic (exact) mass is 295 g/mol. The number of pyridine rings is 1. The fourth-order valence-corrected chi connectivity index (χ4v) is 2.31. The Balaban J connectivity index is 1.80. The van der Waals surface area contributed by atoms with E-state index in [1.807, 2.05) is 54.2 Å². The van der Waals surface area contributed by atoms with E-state index >= 15 is 0 Å². The molecule has 1 heterocycles. The number of amides is 1. The largest absolute Gasteiger partial charge is 0.320 e. The topological polar surface area (TPSA) is 33.0 Å². The molecule has 0 spiro atoms. The van der Waals surface area contributed by atoms with Crippen LogP contribution in [0.15, 0.2) is 67.0 Å². The normalized spacial score (nSPS) is 12.1. The van der Waals surface area contributed by atoms with E-state index in [2.05, 4.69) is 5.32 Å². The fraction of sp³-hybridized carbons (Fsp3) is 0.111. The van der Waals surface area contributed by atoms with Crippen molar-refractivity contribution >= 4 is 22.4 Å². The molecule has 0 aliphatic heterocycles. The maximum Gasteiger partial charge on any atom is 0.293 e. The van der Waals surface area contributed by atoms with E-state index in [1.165, 1.54) is 12.1 Å². The summed E-state index contributed by atoms with van der Waals surface area (Å²) in [6.45, 7) is 1.83. The summed E-state index contributed by atoms with van der Waals surface area (Å²) >= 11 is 0. The van der Waals surface area contributed by atoms with Gasteiger partial charge in [-0.3, -0.25) is 4.79 Å². The van der Waals surface area contributed by atoms with E-state index < -0.39 is 0 Å². The van der Waals surface area contributed by atoms with Crippen LogP contribution in [0.4, 0.5) is 10.1 Å². The number of benzene rings is 2. The summed E-state index contributed by atoms with van der Waals surface area (Å²) in [5, 5.41) is 4.99. The van der Waals surface area contributed by atoms with Gasteiger partial charge in [-0.2, -0.15) is 4.57 Å². The summed E-state index contributed by atoms with van der Waals surface area (Å²) in [4.78, 5) is 12.3. The quantitative estimate of drug-likeness (QED) is 0.737. The number of carbonyl (C=O) groups excluding carboxylic acids is 1. The minimum atomic E-state index is -0.366. The summed E-state index contributed by atoms with van der Waals surface area (Å²) in [5.41, 5.74) is 0.583. The molecule has 0 aliphatic carbocycles. The second kappa shape index (κ2) is 5.93. The Morgan fingerprint density at radius 2 is 1.73 bits per heavy atom. The van der Waals surface area contributed by atoms with Crippen molar-refractivity contribution in [1.82, 2.24) is 0 Å². The van der Waals surface area contributed by atoms with E-state index in [1.54, 1.807) is 12.1 Å². The molecule has 1 atom stereocenters. The van der Waals surface area contributed by atoms with Crippen LogP contribution >= 0.6 is 0 Å². The highest BCUT2D eigenvalue weighted by Crippen LogP contribution is 2.13. The first kappa shape index (κ1) is 14.2. The van der Waals surface area contributed by atoms with E-state index in [-0.39, 0.29) is 17.8 Å². The van der Waals surface area contributed by atoms with Crippen LogP contribution < -0.4 is 9.88 Å². The third-order valence-corrected chi connectivity index (χ3v) is 3.65. The van der Waals surface area contributed by atoms with Crippen LogP contribution in [0.25, 0.3) is 10.8 Å². The van der Waals surface area contributed by atoms with Crippen molar-refractivity contribution in [2.24, 2.45) is 0 Å². The third kappa shape index (κ3) is 2.96. The minimum Gasteiger partial charge on any atom is -0.320 e. The van der Waals surface area contributed by atoms with Crippen LogP contribution in [-0.2, 0) is 4.79 Å². The molecular weight excluding hydrogens is 279 g/mol. The van der Waals surface area contributed by atoms with Gasteiger partial charge in [0.05, 0.1) is 0 Å². The molecule has 110 valence electrons. The molecule has 1 amide bonds. The number of halogens is 1. The van der Waals surface area contributed by atoms with Crippen molar-refractivity contribution in [3.63, 3.8) is 0 Å². The fourth-order valence-electron chi connectivity index (χ4n) is 2.31. The number of carbonyl (C=O) groups is 1. The Morgan fingerprint density at radius 3 is 2.45 bits per heavy atom. The number of fused-ring (bicyclic) bond motifs is 1. The SMILES string of the molecule is C[C@H](C(=O)Nc1ccc(F)cc1)[n+]1ccc2ccccc2c1. The molecule has 3 nitrogen and oxygen atoms in total. The lowest BCUT2D eigenvalue weighted by Gasteiger charge is -2.09. The van der Waals surface area contributed by atoms with Crippen molar-refractivity contribution < 1.29 is 13.8 Å². The van der Waals surface area contributed by atoms with Crippen molar-refractivity contribution in [2.45, 2.75) is 13.0 Å². The summed E-state index contributed by atoms with van der Waals surface area (Å²) in [6.07, 6.45) is 3.83. The van der Waals surface area contributed by atoms with Crippen LogP contribution in [0.1, 0.15) is 13.0 Å². The second-order valence-corrected chi connectivity index (χ2v) is 5.19. The predicted molar refractivity (Wildman–Crippen MR) is 83.9 cm³/mol. The Kier molecular flexibility index (Phi) is 3.83. The summed E-state index contributed by atoms with van der Waals surface area (Å²) < 4.78 is 14.7. The molecule has 0 fully saturated rings. The Labute approximate surface area is 128 Å². The Morgan fingerprint density at radius 1 is 1.05 bits per heavy atom. The first-order valence-corrected chi connectivity index (χ1v) is 7.09. The first-order chi connectivity index (χ1) is 10.6. The highest BCUT2D eigenvalue weighted by Gasteiger charge is 2.22. The maximum atomic E-state index is 12.9. The van der Waals surface area contributed by atoms with E-state index in [0.29, 0.717) is 5.69 Å². The van der Waals surface area contributed by atoms with Crippen LogP contribution in [0.3, 0.4) is 0 Å². The molecule has 3 aromatic rings. The molecule has 3 rings (SSSR count). The standard InChI is InChI=1S/C18H15FN2O/c1-13(18(22)20-17-8-6-16(19)7-9-17)21-11-10-14-4-2-3-5-15(14)12-21/h2-13H,1H3/p+1/t13-/m1/s1. The van der Waals surface area contributed by atoms with Gasteiger partial charge in [0.2, 0.25) is 6.04 Å². The van der Waals surface area contributed by atoms with Crippen molar-refractivity contribution in [3.8, 4) is 0 Å². The van der Waals surface area contributed by atoms with Gasteiger partial charge in [0, 0.05) is 24.1 Å². The molecule has 0 radical (unpaired) electrons. The zero-order chi connectivity index (χ0) is 15.5. The number of aromatic nitrogens is 1.